The van der Waals surface area contributed by atoms with Crippen molar-refractivity contribution in [3.8, 4) is 0 Å². The highest BCUT2D eigenvalue weighted by atomic mass is 16.5. The zero-order valence-electron chi connectivity index (χ0n) is 14.5. The Bertz CT molecular complexity index is 771. The summed E-state index contributed by atoms with van der Waals surface area (Å²) in [6.07, 6.45) is 3.68. The molecule has 0 bridgehead atoms. The Morgan fingerprint density at radius 3 is 2.81 bits per heavy atom. The van der Waals surface area contributed by atoms with Crippen molar-refractivity contribution in [2.75, 3.05) is 19.8 Å². The fraction of sp³-hybridized carbons (Fsp3) is 0.471. The molecule has 3 rings (SSSR count). The van der Waals surface area contributed by atoms with Crippen molar-refractivity contribution < 1.29 is 28.7 Å². The summed E-state index contributed by atoms with van der Waals surface area (Å²) in [6, 6.07) is -1.02. The molecule has 2 aliphatic heterocycles. The van der Waals surface area contributed by atoms with Crippen LogP contribution in [0.15, 0.2) is 23.4 Å². The van der Waals surface area contributed by atoms with Gasteiger partial charge in [-0.2, -0.15) is 0 Å². The topological polar surface area (TPSA) is 148 Å². The predicted molar refractivity (Wildman–Crippen MR) is 90.3 cm³/mol. The van der Waals surface area contributed by atoms with Gasteiger partial charge < -0.3 is 15.8 Å². The summed E-state index contributed by atoms with van der Waals surface area (Å²) in [5, 5.41) is 4.72. The van der Waals surface area contributed by atoms with Crippen LogP contribution in [0, 0.1) is 5.92 Å². The third kappa shape index (κ3) is 3.67. The predicted octanol–water partition coefficient (Wildman–Crippen LogP) is -1.92. The first-order valence-corrected chi connectivity index (χ1v) is 8.63. The molecule has 5 amide bonds. The smallest absolute Gasteiger partial charge is 0.260 e. The lowest BCUT2D eigenvalue weighted by Gasteiger charge is -2.27. The highest BCUT2D eigenvalue weighted by Crippen LogP contribution is 2.36. The fourth-order valence-corrected chi connectivity index (χ4v) is 3.37. The van der Waals surface area contributed by atoms with E-state index >= 15 is 0 Å². The van der Waals surface area contributed by atoms with Gasteiger partial charge in [-0.25, -0.2) is 0 Å². The minimum Gasteiger partial charge on any atom is -0.370 e. The largest absolute Gasteiger partial charge is 0.370 e. The molecule has 10 heteroatoms. The summed E-state index contributed by atoms with van der Waals surface area (Å²) in [5.74, 6) is -3.45. The Labute approximate surface area is 154 Å². The molecule has 2 fully saturated rings. The molecule has 0 radical (unpaired) electrons. The molecule has 0 aromatic heterocycles. The van der Waals surface area contributed by atoms with Gasteiger partial charge in [-0.15, -0.1) is 0 Å². The molecule has 0 saturated carbocycles. The van der Waals surface area contributed by atoms with Crippen molar-refractivity contribution in [1.29, 1.82) is 0 Å². The second-order valence-electron chi connectivity index (χ2n) is 6.39. The molecule has 0 aromatic rings. The lowest BCUT2D eigenvalue weighted by molar-refractivity contribution is -0.150. The molecule has 144 valence electrons. The van der Waals surface area contributed by atoms with Crippen molar-refractivity contribution in [1.82, 2.24) is 15.5 Å². The number of hydrogen-bond donors (Lipinski definition) is 3. The number of allylic oxidation sites excluding steroid dienone is 2. The van der Waals surface area contributed by atoms with E-state index in [1.807, 2.05) is 0 Å². The maximum absolute atomic E-state index is 12.9. The van der Waals surface area contributed by atoms with E-state index in [4.69, 9.17) is 10.5 Å². The Hall–Kier alpha value is -2.85. The number of rotatable bonds is 6. The quantitative estimate of drug-likeness (QED) is 0.361. The van der Waals surface area contributed by atoms with E-state index in [0.29, 0.717) is 6.42 Å². The molecule has 2 atom stereocenters. The molecule has 1 aliphatic carbocycles. The first-order chi connectivity index (χ1) is 12.9. The number of imide groups is 2. The zero-order chi connectivity index (χ0) is 19.6. The number of nitrogens with two attached hydrogens (primary N) is 1. The molecule has 2 unspecified atom stereocenters. The number of piperidine rings is 1. The van der Waals surface area contributed by atoms with Crippen LogP contribution >= 0.6 is 0 Å². The number of fused-ring (bicyclic) bond motifs is 1. The minimum atomic E-state index is -1.02. The minimum absolute atomic E-state index is 0.0531. The lowest BCUT2D eigenvalue weighted by Crippen LogP contribution is -2.54. The number of carbonyl (C=O) groups is 5. The van der Waals surface area contributed by atoms with E-state index in [1.165, 1.54) is 0 Å². The number of likely N-dealkylation sites (tertiary alicyclic amines) is 1. The summed E-state index contributed by atoms with van der Waals surface area (Å²) in [5.41, 5.74) is 5.67. The van der Waals surface area contributed by atoms with Crippen LogP contribution in [0.25, 0.3) is 0 Å². The number of nitrogens with one attached hydrogen (secondary N) is 2. The van der Waals surface area contributed by atoms with Crippen molar-refractivity contribution in [3.05, 3.63) is 23.4 Å². The Balaban J connectivity index is 1.81. The number of hydrogen-bond acceptors (Lipinski definition) is 7. The Kier molecular flexibility index (Phi) is 5.47. The highest BCUT2D eigenvalue weighted by Gasteiger charge is 2.50. The van der Waals surface area contributed by atoms with Crippen LogP contribution in [-0.4, -0.2) is 60.2 Å². The summed E-state index contributed by atoms with van der Waals surface area (Å²) < 4.78 is 5.06. The maximum atomic E-state index is 12.9. The molecule has 4 N–H and O–H groups in total. The van der Waals surface area contributed by atoms with Crippen molar-refractivity contribution >= 4 is 29.5 Å². The van der Waals surface area contributed by atoms with Crippen LogP contribution in [0.2, 0.25) is 0 Å². The van der Waals surface area contributed by atoms with Crippen LogP contribution in [0.1, 0.15) is 19.3 Å². The Morgan fingerprint density at radius 1 is 1.33 bits per heavy atom. The van der Waals surface area contributed by atoms with E-state index < -0.39 is 41.5 Å². The van der Waals surface area contributed by atoms with Crippen LogP contribution in [0.3, 0.4) is 0 Å². The van der Waals surface area contributed by atoms with Gasteiger partial charge in [-0.05, 0) is 18.9 Å². The summed E-state index contributed by atoms with van der Waals surface area (Å²) in [6.45, 7) is 0.265. The third-order valence-corrected chi connectivity index (χ3v) is 4.57. The van der Waals surface area contributed by atoms with Crippen LogP contribution in [-0.2, 0) is 28.7 Å². The average molecular weight is 376 g/mol. The number of nitrogens with zero attached hydrogens (tertiary/aromatic N) is 1. The second kappa shape index (κ2) is 7.80. The zero-order valence-corrected chi connectivity index (χ0v) is 14.5. The second-order valence-corrected chi connectivity index (χ2v) is 6.39. The van der Waals surface area contributed by atoms with Crippen LogP contribution in [0.5, 0.6) is 0 Å². The maximum Gasteiger partial charge on any atom is 0.260 e. The number of carbonyl (C=O) groups excluding carboxylic acids is 5. The van der Waals surface area contributed by atoms with Gasteiger partial charge in [0.2, 0.25) is 23.6 Å². The Morgan fingerprint density at radius 2 is 2.11 bits per heavy atom. The highest BCUT2D eigenvalue weighted by molar-refractivity contribution is 6.18. The standard InChI is InChI=1S/C17H20N4O6/c18-6-7-27-8-13(23)19-10-3-1-2-9-14(10)17(26)21(16(9)25)11-4-5-12(22)20-15(11)24/h1,3,9,11H,2,4-8,18H2,(H,19,23)(H,20,22,24). The SMILES string of the molecule is NCCOCC(=O)NC1=C2C(=O)N(C3CCC(=O)NC3=O)C(=O)C2CC=C1. The van der Waals surface area contributed by atoms with E-state index in [-0.39, 0.29) is 43.9 Å². The van der Waals surface area contributed by atoms with Gasteiger partial charge in [0.05, 0.1) is 18.1 Å². The fourth-order valence-electron chi connectivity index (χ4n) is 3.37. The molecular weight excluding hydrogens is 356 g/mol. The monoisotopic (exact) mass is 376 g/mol. The molecule has 27 heavy (non-hydrogen) atoms. The molecule has 2 heterocycles. The van der Waals surface area contributed by atoms with Gasteiger partial charge in [-0.1, -0.05) is 6.08 Å². The molecule has 0 spiro atoms. The van der Waals surface area contributed by atoms with E-state index in [1.54, 1.807) is 12.2 Å². The molecule has 10 nitrogen and oxygen atoms in total. The summed E-state index contributed by atoms with van der Waals surface area (Å²) >= 11 is 0. The first kappa shape index (κ1) is 18.9. The molecule has 3 aliphatic rings. The van der Waals surface area contributed by atoms with Gasteiger partial charge in [0, 0.05) is 18.7 Å². The normalized spacial score (nSPS) is 25.0. The van der Waals surface area contributed by atoms with Gasteiger partial charge in [-0.3, -0.25) is 34.2 Å². The van der Waals surface area contributed by atoms with E-state index in [0.717, 1.165) is 4.90 Å². The van der Waals surface area contributed by atoms with Gasteiger partial charge in [0.25, 0.3) is 5.91 Å². The van der Waals surface area contributed by atoms with Gasteiger partial charge in [0.15, 0.2) is 0 Å². The van der Waals surface area contributed by atoms with Crippen molar-refractivity contribution in [2.24, 2.45) is 11.7 Å². The van der Waals surface area contributed by atoms with Crippen LogP contribution < -0.4 is 16.4 Å². The average Bonchev–Trinajstić information content (AvgIpc) is 2.88. The van der Waals surface area contributed by atoms with Gasteiger partial charge >= 0.3 is 0 Å². The molecule has 2 saturated heterocycles. The third-order valence-electron chi connectivity index (χ3n) is 4.57. The van der Waals surface area contributed by atoms with E-state index in [2.05, 4.69) is 10.6 Å². The van der Waals surface area contributed by atoms with Gasteiger partial charge in [0.1, 0.15) is 12.6 Å². The van der Waals surface area contributed by atoms with E-state index in [9.17, 15) is 24.0 Å². The molecular formula is C17H20N4O6. The number of amides is 5. The first-order valence-electron chi connectivity index (χ1n) is 8.63. The lowest BCUT2D eigenvalue weighted by atomic mass is 9.91. The summed E-state index contributed by atoms with van der Waals surface area (Å²) in [4.78, 5) is 61.9. The molecule has 0 aromatic carbocycles. The number of ether oxygens (including phenoxy) is 1. The summed E-state index contributed by atoms with van der Waals surface area (Å²) in [7, 11) is 0. The van der Waals surface area contributed by atoms with Crippen molar-refractivity contribution in [2.45, 2.75) is 25.3 Å². The van der Waals surface area contributed by atoms with Crippen LogP contribution in [0.4, 0.5) is 0 Å². The van der Waals surface area contributed by atoms with Crippen molar-refractivity contribution in [3.63, 3.8) is 0 Å².